The van der Waals surface area contributed by atoms with Gasteiger partial charge in [-0.25, -0.2) is 0 Å². The minimum atomic E-state index is 0.0303. The van der Waals surface area contributed by atoms with Gasteiger partial charge in [0.05, 0.1) is 0 Å². The van der Waals surface area contributed by atoms with Crippen LogP contribution in [0.25, 0.3) is 0 Å². The molecule has 2 aliphatic rings. The molecule has 2 fully saturated rings. The van der Waals surface area contributed by atoms with Gasteiger partial charge in [0.1, 0.15) is 0 Å². The molecule has 2 atom stereocenters. The number of benzene rings is 1. The third-order valence-electron chi connectivity index (χ3n) is 4.68. The zero-order valence-corrected chi connectivity index (χ0v) is 12.3. The molecule has 3 rings (SSSR count). The van der Waals surface area contributed by atoms with Gasteiger partial charge in [0.2, 0.25) is 0 Å². The number of fused-ring (bicyclic) bond motifs is 1. The van der Waals surface area contributed by atoms with Crippen LogP contribution in [0.4, 0.5) is 11.4 Å². The number of carbonyl (C=O) groups is 1. The summed E-state index contributed by atoms with van der Waals surface area (Å²) in [5.41, 5.74) is 8.39. The fourth-order valence-electron chi connectivity index (χ4n) is 3.60. The lowest BCUT2D eigenvalue weighted by Gasteiger charge is -2.43. The van der Waals surface area contributed by atoms with Crippen LogP contribution in [0, 0.1) is 0 Å². The highest BCUT2D eigenvalue weighted by Gasteiger charge is 2.34. The van der Waals surface area contributed by atoms with Crippen LogP contribution in [0.1, 0.15) is 37.0 Å². The van der Waals surface area contributed by atoms with Crippen LogP contribution in [0.2, 0.25) is 0 Å². The van der Waals surface area contributed by atoms with Gasteiger partial charge in [-0.15, -0.1) is 0 Å². The van der Waals surface area contributed by atoms with Crippen LogP contribution in [0.15, 0.2) is 18.2 Å². The van der Waals surface area contributed by atoms with Crippen molar-refractivity contribution in [3.63, 3.8) is 0 Å². The Morgan fingerprint density at radius 3 is 2.85 bits per heavy atom. The first-order chi connectivity index (χ1) is 9.56. The normalized spacial score (nSPS) is 26.6. The Hall–Kier alpha value is -1.55. The molecule has 2 N–H and O–H groups in total. The minimum Gasteiger partial charge on any atom is -0.398 e. The SMILES string of the molecule is CC(=O)c1ccc(N2CC3CCCN3CC2C)cc1N. The number of ketones is 1. The summed E-state index contributed by atoms with van der Waals surface area (Å²) in [6.45, 7) is 7.27. The molecule has 1 aromatic carbocycles. The number of nitrogen functional groups attached to an aromatic ring is 1. The Labute approximate surface area is 120 Å². The van der Waals surface area contributed by atoms with Crippen molar-refractivity contribution in [2.75, 3.05) is 30.3 Å². The zero-order valence-electron chi connectivity index (χ0n) is 12.3. The lowest BCUT2D eigenvalue weighted by molar-refractivity contribution is 0.101. The second kappa shape index (κ2) is 5.09. The van der Waals surface area contributed by atoms with E-state index in [0.29, 0.717) is 23.3 Å². The Morgan fingerprint density at radius 2 is 2.15 bits per heavy atom. The van der Waals surface area contributed by atoms with Crippen molar-refractivity contribution >= 4 is 17.2 Å². The first-order valence-electron chi connectivity index (χ1n) is 7.47. The lowest BCUT2D eigenvalue weighted by atomic mass is 10.0. The minimum absolute atomic E-state index is 0.0303. The fourth-order valence-corrected chi connectivity index (χ4v) is 3.60. The van der Waals surface area contributed by atoms with Crippen LogP contribution in [-0.4, -0.2) is 42.4 Å². The standard InChI is InChI=1S/C16H23N3O/c1-11-9-18-7-3-4-14(18)10-19(11)13-5-6-15(12(2)20)16(17)8-13/h5-6,8,11,14H,3-4,7,9-10,17H2,1-2H3. The van der Waals surface area contributed by atoms with Crippen molar-refractivity contribution in [1.82, 2.24) is 4.90 Å². The van der Waals surface area contributed by atoms with E-state index in [9.17, 15) is 4.79 Å². The van der Waals surface area contributed by atoms with Crippen molar-refractivity contribution in [3.05, 3.63) is 23.8 Å². The van der Waals surface area contributed by atoms with Crippen molar-refractivity contribution < 1.29 is 4.79 Å². The number of nitrogens with two attached hydrogens (primary N) is 1. The van der Waals surface area contributed by atoms with Gasteiger partial charge in [0, 0.05) is 42.1 Å². The summed E-state index contributed by atoms with van der Waals surface area (Å²) >= 11 is 0. The van der Waals surface area contributed by atoms with E-state index in [1.54, 1.807) is 6.92 Å². The highest BCUT2D eigenvalue weighted by Crippen LogP contribution is 2.30. The quantitative estimate of drug-likeness (QED) is 0.662. The molecular formula is C16H23N3O. The Bertz CT molecular complexity index is 528. The molecule has 20 heavy (non-hydrogen) atoms. The topological polar surface area (TPSA) is 49.6 Å². The lowest BCUT2D eigenvalue weighted by Crippen LogP contribution is -2.55. The van der Waals surface area contributed by atoms with Gasteiger partial charge in [-0.3, -0.25) is 9.69 Å². The summed E-state index contributed by atoms with van der Waals surface area (Å²) in [5.74, 6) is 0.0303. The summed E-state index contributed by atoms with van der Waals surface area (Å²) in [7, 11) is 0. The van der Waals surface area contributed by atoms with E-state index in [-0.39, 0.29) is 5.78 Å². The maximum atomic E-state index is 11.5. The summed E-state index contributed by atoms with van der Waals surface area (Å²) in [5, 5.41) is 0. The van der Waals surface area contributed by atoms with Crippen molar-refractivity contribution in [2.24, 2.45) is 0 Å². The second-order valence-corrected chi connectivity index (χ2v) is 6.12. The van der Waals surface area contributed by atoms with Gasteiger partial charge < -0.3 is 10.6 Å². The Morgan fingerprint density at radius 1 is 1.35 bits per heavy atom. The Balaban J connectivity index is 1.85. The van der Waals surface area contributed by atoms with E-state index in [0.717, 1.165) is 18.8 Å². The van der Waals surface area contributed by atoms with Gasteiger partial charge in [0.25, 0.3) is 0 Å². The van der Waals surface area contributed by atoms with Crippen LogP contribution in [-0.2, 0) is 0 Å². The Kier molecular flexibility index (Phi) is 3.42. The number of hydrogen-bond acceptors (Lipinski definition) is 4. The zero-order chi connectivity index (χ0) is 14.3. The van der Waals surface area contributed by atoms with Crippen molar-refractivity contribution in [2.45, 2.75) is 38.8 Å². The summed E-state index contributed by atoms with van der Waals surface area (Å²) in [4.78, 5) is 16.5. The molecule has 2 unspecified atom stereocenters. The molecule has 0 aromatic heterocycles. The van der Waals surface area contributed by atoms with Crippen molar-refractivity contribution in [1.29, 1.82) is 0 Å². The molecule has 0 aliphatic carbocycles. The molecule has 0 bridgehead atoms. The first kappa shape index (κ1) is 13.4. The van der Waals surface area contributed by atoms with E-state index < -0.39 is 0 Å². The van der Waals surface area contributed by atoms with E-state index in [4.69, 9.17) is 5.73 Å². The molecule has 4 heteroatoms. The summed E-state index contributed by atoms with van der Waals surface area (Å²) in [6, 6.07) is 7.03. The maximum Gasteiger partial charge on any atom is 0.161 e. The van der Waals surface area contributed by atoms with Gasteiger partial charge in [-0.05, 0) is 51.4 Å². The highest BCUT2D eigenvalue weighted by molar-refractivity contribution is 5.99. The summed E-state index contributed by atoms with van der Waals surface area (Å²) in [6.07, 6.45) is 2.61. The van der Waals surface area contributed by atoms with E-state index in [1.807, 2.05) is 18.2 Å². The third kappa shape index (κ3) is 2.29. The number of Topliss-reactive ketones (excluding diaryl/α,β-unsaturated/α-hetero) is 1. The van der Waals surface area contributed by atoms with Gasteiger partial charge in [0.15, 0.2) is 5.78 Å². The molecule has 0 saturated carbocycles. The number of piperazine rings is 1. The molecule has 1 aromatic rings. The largest absolute Gasteiger partial charge is 0.398 e. The molecule has 2 saturated heterocycles. The van der Waals surface area contributed by atoms with Crippen LogP contribution >= 0.6 is 0 Å². The summed E-state index contributed by atoms with van der Waals surface area (Å²) < 4.78 is 0. The molecule has 0 radical (unpaired) electrons. The number of nitrogens with zero attached hydrogens (tertiary/aromatic N) is 2. The maximum absolute atomic E-state index is 11.5. The smallest absolute Gasteiger partial charge is 0.161 e. The van der Waals surface area contributed by atoms with Crippen molar-refractivity contribution in [3.8, 4) is 0 Å². The van der Waals surface area contributed by atoms with Crippen LogP contribution in [0.5, 0.6) is 0 Å². The molecule has 0 spiro atoms. The van der Waals surface area contributed by atoms with E-state index in [2.05, 4.69) is 16.7 Å². The number of hydrogen-bond donors (Lipinski definition) is 1. The number of carbonyl (C=O) groups excluding carboxylic acids is 1. The monoisotopic (exact) mass is 273 g/mol. The second-order valence-electron chi connectivity index (χ2n) is 6.12. The molecule has 0 amide bonds. The first-order valence-corrected chi connectivity index (χ1v) is 7.47. The average molecular weight is 273 g/mol. The molecule has 2 aliphatic heterocycles. The van der Waals surface area contributed by atoms with Gasteiger partial charge in [-0.1, -0.05) is 0 Å². The van der Waals surface area contributed by atoms with E-state index >= 15 is 0 Å². The van der Waals surface area contributed by atoms with Gasteiger partial charge >= 0.3 is 0 Å². The predicted octanol–water partition coefficient (Wildman–Crippen LogP) is 2.14. The molecule has 4 nitrogen and oxygen atoms in total. The molecule has 108 valence electrons. The van der Waals surface area contributed by atoms with E-state index in [1.165, 1.54) is 19.4 Å². The van der Waals surface area contributed by atoms with Crippen LogP contribution < -0.4 is 10.6 Å². The number of rotatable bonds is 2. The molecule has 2 heterocycles. The highest BCUT2D eigenvalue weighted by atomic mass is 16.1. The third-order valence-corrected chi connectivity index (χ3v) is 4.68. The molecular weight excluding hydrogens is 250 g/mol. The average Bonchev–Trinajstić information content (AvgIpc) is 2.84. The van der Waals surface area contributed by atoms with Gasteiger partial charge in [-0.2, -0.15) is 0 Å². The number of anilines is 2. The predicted molar refractivity (Wildman–Crippen MR) is 82.3 cm³/mol. The van der Waals surface area contributed by atoms with Crippen LogP contribution in [0.3, 0.4) is 0 Å². The fraction of sp³-hybridized carbons (Fsp3) is 0.562.